The molecular weight excluding hydrogens is 327 g/mol. The third-order valence-electron chi connectivity index (χ3n) is 5.25. The Morgan fingerprint density at radius 1 is 1.15 bits per heavy atom. The van der Waals surface area contributed by atoms with Gasteiger partial charge >= 0.3 is 0 Å². The molecule has 0 radical (unpaired) electrons. The summed E-state index contributed by atoms with van der Waals surface area (Å²) in [6, 6.07) is 0. The number of halogens is 1. The highest BCUT2D eigenvalue weighted by atomic mass is 19.2. The highest BCUT2D eigenvalue weighted by molar-refractivity contribution is 4.86. The van der Waals surface area contributed by atoms with Crippen molar-refractivity contribution in [1.29, 1.82) is 0 Å². The molecule has 26 heavy (non-hydrogen) atoms. The first-order chi connectivity index (χ1) is 12.4. The second-order valence-corrected chi connectivity index (χ2v) is 7.63. The van der Waals surface area contributed by atoms with E-state index in [2.05, 4.69) is 31.4 Å². The lowest BCUT2D eigenvalue weighted by Gasteiger charge is -2.28. The number of nitrogens with zero attached hydrogens (tertiary/aromatic N) is 1. The van der Waals surface area contributed by atoms with Gasteiger partial charge < -0.3 is 15.7 Å². The Labute approximate surface area is 161 Å². The monoisotopic (exact) mass is 370 g/mol. The zero-order valence-electron chi connectivity index (χ0n) is 17.4. The highest BCUT2D eigenvalue weighted by Crippen LogP contribution is 2.28. The molecule has 0 aliphatic heterocycles. The molecule has 0 aliphatic carbocycles. The normalized spacial score (nSPS) is 16.7. The van der Waals surface area contributed by atoms with Crippen LogP contribution in [0.3, 0.4) is 0 Å². The van der Waals surface area contributed by atoms with Crippen molar-refractivity contribution < 1.29 is 9.50 Å². The first-order valence-electron chi connectivity index (χ1n) is 10.5. The minimum atomic E-state index is -2.05. The second kappa shape index (κ2) is 15.2. The van der Waals surface area contributed by atoms with Crippen molar-refractivity contribution in [3.8, 4) is 0 Å². The van der Waals surface area contributed by atoms with Gasteiger partial charge in [0.1, 0.15) is 0 Å². The lowest BCUT2D eigenvalue weighted by Crippen LogP contribution is -2.30. The summed E-state index contributed by atoms with van der Waals surface area (Å²) in [7, 11) is 0. The summed E-state index contributed by atoms with van der Waals surface area (Å²) in [5, 5.41) is 9.23. The average Bonchev–Trinajstić information content (AvgIpc) is 2.60. The van der Waals surface area contributed by atoms with Crippen molar-refractivity contribution in [1.82, 2.24) is 4.90 Å². The van der Waals surface area contributed by atoms with E-state index >= 15 is 0 Å². The van der Waals surface area contributed by atoms with Crippen molar-refractivity contribution in [2.75, 3.05) is 19.6 Å². The van der Waals surface area contributed by atoms with Gasteiger partial charge in [0.15, 0.2) is 0 Å². The molecule has 0 fully saturated rings. The number of aliphatic hydroxyl groups is 1. The van der Waals surface area contributed by atoms with Crippen LogP contribution in [0.15, 0.2) is 24.9 Å². The van der Waals surface area contributed by atoms with Gasteiger partial charge in [-0.05, 0) is 83.1 Å². The number of allylic oxidation sites excluding steroid dienone is 2. The van der Waals surface area contributed by atoms with Crippen LogP contribution in [0.25, 0.3) is 0 Å². The van der Waals surface area contributed by atoms with E-state index in [1.807, 2.05) is 6.08 Å². The highest BCUT2D eigenvalue weighted by Gasteiger charge is 2.20. The number of unbranched alkanes of at least 4 members (excludes halogenated alkanes) is 2. The molecule has 0 aromatic rings. The van der Waals surface area contributed by atoms with E-state index in [0.29, 0.717) is 18.3 Å². The molecule has 3 N–H and O–H groups in total. The molecule has 0 bridgehead atoms. The molecule has 0 amide bonds. The van der Waals surface area contributed by atoms with E-state index in [9.17, 15) is 9.50 Å². The maximum Gasteiger partial charge on any atom is 0.203 e. The Morgan fingerprint density at radius 3 is 2.42 bits per heavy atom. The van der Waals surface area contributed by atoms with Crippen molar-refractivity contribution >= 4 is 0 Å². The number of alkyl halides is 1. The summed E-state index contributed by atoms with van der Waals surface area (Å²) in [6.07, 6.45) is 14.9. The van der Waals surface area contributed by atoms with E-state index in [4.69, 9.17) is 5.73 Å². The predicted molar refractivity (Wildman–Crippen MR) is 112 cm³/mol. The van der Waals surface area contributed by atoms with E-state index < -0.39 is 5.85 Å². The van der Waals surface area contributed by atoms with E-state index in [1.165, 1.54) is 32.6 Å². The van der Waals surface area contributed by atoms with Crippen LogP contribution in [0.5, 0.6) is 0 Å². The Hall–Kier alpha value is -0.870. The Morgan fingerprint density at radius 2 is 1.88 bits per heavy atom. The van der Waals surface area contributed by atoms with Crippen molar-refractivity contribution in [3.05, 3.63) is 24.9 Å². The van der Waals surface area contributed by atoms with Gasteiger partial charge in [-0.25, -0.2) is 4.39 Å². The maximum absolute atomic E-state index is 13.2. The number of rotatable bonds is 17. The van der Waals surface area contributed by atoms with Crippen LogP contribution in [0, 0.1) is 11.8 Å². The van der Waals surface area contributed by atoms with Crippen LogP contribution in [-0.2, 0) is 0 Å². The van der Waals surface area contributed by atoms with Gasteiger partial charge in [-0.15, -0.1) is 6.58 Å². The fourth-order valence-corrected chi connectivity index (χ4v) is 3.55. The lowest BCUT2D eigenvalue weighted by molar-refractivity contribution is -0.0788. The number of nitrogens with two attached hydrogens (primary N) is 1. The summed E-state index contributed by atoms with van der Waals surface area (Å²) in [6.45, 7) is 12.6. The fourth-order valence-electron chi connectivity index (χ4n) is 3.55. The summed E-state index contributed by atoms with van der Waals surface area (Å²) in [4.78, 5) is 2.38. The third-order valence-corrected chi connectivity index (χ3v) is 5.25. The Balaban J connectivity index is 4.51. The molecule has 0 spiro atoms. The van der Waals surface area contributed by atoms with Gasteiger partial charge in [0.25, 0.3) is 0 Å². The van der Waals surface area contributed by atoms with Gasteiger partial charge in [0.2, 0.25) is 5.85 Å². The van der Waals surface area contributed by atoms with Crippen LogP contribution < -0.4 is 5.73 Å². The molecular formula is C22H43FN2O. The molecule has 0 aliphatic rings. The van der Waals surface area contributed by atoms with Crippen LogP contribution in [0.1, 0.15) is 78.6 Å². The topological polar surface area (TPSA) is 49.5 Å². The first kappa shape index (κ1) is 25.1. The molecule has 154 valence electrons. The summed E-state index contributed by atoms with van der Waals surface area (Å²) in [5.74, 6) is -0.833. The van der Waals surface area contributed by atoms with Gasteiger partial charge in [-0.2, -0.15) is 0 Å². The minimum absolute atomic E-state index is 0.201. The zero-order valence-corrected chi connectivity index (χ0v) is 17.4. The Bertz CT molecular complexity index is 366. The second-order valence-electron chi connectivity index (χ2n) is 7.63. The number of hydrogen-bond acceptors (Lipinski definition) is 3. The van der Waals surface area contributed by atoms with Gasteiger partial charge in [-0.3, -0.25) is 0 Å². The molecule has 0 heterocycles. The van der Waals surface area contributed by atoms with Gasteiger partial charge in [-0.1, -0.05) is 38.8 Å². The summed E-state index contributed by atoms with van der Waals surface area (Å²) in [5.41, 5.74) is 5.42. The van der Waals surface area contributed by atoms with Crippen LogP contribution in [-0.4, -0.2) is 35.5 Å². The quantitative estimate of drug-likeness (QED) is 0.266. The lowest BCUT2D eigenvalue weighted by atomic mass is 9.82. The molecule has 4 heteroatoms. The van der Waals surface area contributed by atoms with E-state index in [1.54, 1.807) is 6.20 Å². The average molecular weight is 371 g/mol. The largest absolute Gasteiger partial charge is 0.405 e. The van der Waals surface area contributed by atoms with Crippen LogP contribution in [0.4, 0.5) is 4.39 Å². The predicted octanol–water partition coefficient (Wildman–Crippen LogP) is 5.41. The SMILES string of the molecule is C=CC(CCC/C=C/N)C(CCCC)CCN(CC)CCCC(C)(O)F. The smallest absolute Gasteiger partial charge is 0.203 e. The Kier molecular flexibility index (Phi) is 14.7. The number of hydrogen-bond donors (Lipinski definition) is 2. The zero-order chi connectivity index (χ0) is 19.8. The van der Waals surface area contributed by atoms with E-state index in [-0.39, 0.29) is 6.42 Å². The molecule has 3 atom stereocenters. The summed E-state index contributed by atoms with van der Waals surface area (Å²) >= 11 is 0. The van der Waals surface area contributed by atoms with Crippen LogP contribution in [0.2, 0.25) is 0 Å². The molecule has 3 nitrogen and oxygen atoms in total. The van der Waals surface area contributed by atoms with Gasteiger partial charge in [0.05, 0.1) is 0 Å². The van der Waals surface area contributed by atoms with Gasteiger partial charge in [0, 0.05) is 6.42 Å². The molecule has 0 saturated carbocycles. The first-order valence-corrected chi connectivity index (χ1v) is 10.5. The molecule has 3 unspecified atom stereocenters. The molecule has 0 rings (SSSR count). The standard InChI is InChI=1S/C22H43FN2O/c1-5-8-13-21(20(6-2)14-10-9-11-17-24)15-19-25(7-3)18-12-16-22(4,23)26/h6,11,17,20-21,26H,2,5,7-10,12-16,18-19,24H2,1,3-4H3/b17-11+. The third kappa shape index (κ3) is 13.3. The maximum atomic E-state index is 13.2. The molecule has 0 aromatic carbocycles. The van der Waals surface area contributed by atoms with Crippen LogP contribution >= 0.6 is 0 Å². The summed E-state index contributed by atoms with van der Waals surface area (Å²) < 4.78 is 13.2. The van der Waals surface area contributed by atoms with Crippen molar-refractivity contribution in [2.24, 2.45) is 17.6 Å². The van der Waals surface area contributed by atoms with Crippen molar-refractivity contribution in [2.45, 2.75) is 84.4 Å². The fraction of sp³-hybridized carbons (Fsp3) is 0.818. The molecule has 0 saturated heterocycles. The minimum Gasteiger partial charge on any atom is -0.405 e. The van der Waals surface area contributed by atoms with Crippen molar-refractivity contribution in [3.63, 3.8) is 0 Å². The van der Waals surface area contributed by atoms with E-state index in [0.717, 1.165) is 38.9 Å². The molecule has 0 aromatic heterocycles.